The van der Waals surface area contributed by atoms with Gasteiger partial charge >= 0.3 is 0 Å². The first-order valence-corrected chi connectivity index (χ1v) is 9.50. The second kappa shape index (κ2) is 8.20. The number of hydrogen-bond donors (Lipinski definition) is 1. The fraction of sp³-hybridized carbons (Fsp3) is 0.250. The molecular formula is C24H25NO. The summed E-state index contributed by atoms with van der Waals surface area (Å²) in [6.07, 6.45) is 3.60. The average molecular weight is 343 g/mol. The number of rotatable bonds is 5. The first kappa shape index (κ1) is 16.9. The van der Waals surface area contributed by atoms with Gasteiger partial charge in [0.15, 0.2) is 0 Å². The van der Waals surface area contributed by atoms with E-state index in [1.807, 2.05) is 6.07 Å². The van der Waals surface area contributed by atoms with Crippen molar-refractivity contribution in [2.24, 2.45) is 5.92 Å². The molecular weight excluding hydrogens is 318 g/mol. The van der Waals surface area contributed by atoms with E-state index in [2.05, 4.69) is 78.1 Å². The molecule has 1 aliphatic rings. The molecule has 0 saturated carbocycles. The van der Waals surface area contributed by atoms with Gasteiger partial charge in [0.05, 0.1) is 0 Å². The number of nitrogens with one attached hydrogen (secondary N) is 1. The zero-order chi connectivity index (χ0) is 17.6. The lowest BCUT2D eigenvalue weighted by Crippen LogP contribution is -2.28. The van der Waals surface area contributed by atoms with Gasteiger partial charge in [0, 0.05) is 0 Å². The van der Waals surface area contributed by atoms with E-state index in [4.69, 9.17) is 4.74 Å². The van der Waals surface area contributed by atoms with Crippen LogP contribution in [0.5, 0.6) is 11.5 Å². The summed E-state index contributed by atoms with van der Waals surface area (Å²) in [5.74, 6) is 2.63. The summed E-state index contributed by atoms with van der Waals surface area (Å²) in [4.78, 5) is 0. The predicted molar refractivity (Wildman–Crippen MR) is 108 cm³/mol. The molecule has 1 saturated heterocycles. The van der Waals surface area contributed by atoms with E-state index in [1.54, 1.807) is 0 Å². The fourth-order valence-corrected chi connectivity index (χ4v) is 3.64. The summed E-state index contributed by atoms with van der Waals surface area (Å²) in [7, 11) is 0. The Morgan fingerprint density at radius 3 is 2.15 bits per heavy atom. The van der Waals surface area contributed by atoms with Gasteiger partial charge in [-0.25, -0.2) is 0 Å². The highest BCUT2D eigenvalue weighted by atomic mass is 16.5. The lowest BCUT2D eigenvalue weighted by molar-refractivity contribution is 0.367. The van der Waals surface area contributed by atoms with Crippen molar-refractivity contribution in [3.05, 3.63) is 84.4 Å². The normalized spacial score (nSPS) is 14.9. The topological polar surface area (TPSA) is 21.3 Å². The molecule has 0 aliphatic carbocycles. The third-order valence-corrected chi connectivity index (χ3v) is 5.13. The number of para-hydroxylation sites is 1. The van der Waals surface area contributed by atoms with E-state index < -0.39 is 0 Å². The number of hydrogen-bond acceptors (Lipinski definition) is 2. The average Bonchev–Trinajstić information content (AvgIpc) is 2.72. The summed E-state index contributed by atoms with van der Waals surface area (Å²) >= 11 is 0. The van der Waals surface area contributed by atoms with Gasteiger partial charge in [0.1, 0.15) is 11.5 Å². The molecule has 4 rings (SSSR count). The lowest BCUT2D eigenvalue weighted by atomic mass is 9.90. The van der Waals surface area contributed by atoms with Crippen LogP contribution in [0.4, 0.5) is 0 Å². The fourth-order valence-electron chi connectivity index (χ4n) is 3.64. The molecule has 1 fully saturated rings. The molecule has 0 spiro atoms. The van der Waals surface area contributed by atoms with Gasteiger partial charge < -0.3 is 10.1 Å². The second-order valence-corrected chi connectivity index (χ2v) is 7.00. The standard InChI is InChI=1S/C24H25NO/c1-2-6-20(7-3-1)21-10-12-23(13-11-21)26-24-9-5-4-8-22(24)18-19-14-16-25-17-15-19/h1-13,19,25H,14-18H2. The van der Waals surface area contributed by atoms with E-state index >= 15 is 0 Å². The zero-order valence-corrected chi connectivity index (χ0v) is 15.0. The van der Waals surface area contributed by atoms with Crippen LogP contribution in [-0.4, -0.2) is 13.1 Å². The predicted octanol–water partition coefficient (Wildman–Crippen LogP) is 5.69. The molecule has 3 aromatic rings. The molecule has 1 N–H and O–H groups in total. The quantitative estimate of drug-likeness (QED) is 0.643. The van der Waals surface area contributed by atoms with Gasteiger partial charge in [-0.1, -0.05) is 60.7 Å². The Labute approximate surface area is 155 Å². The molecule has 132 valence electrons. The zero-order valence-electron chi connectivity index (χ0n) is 15.0. The highest BCUT2D eigenvalue weighted by Gasteiger charge is 2.16. The maximum atomic E-state index is 6.23. The van der Waals surface area contributed by atoms with Crippen molar-refractivity contribution in [2.45, 2.75) is 19.3 Å². The largest absolute Gasteiger partial charge is 0.457 e. The van der Waals surface area contributed by atoms with Gasteiger partial charge in [-0.3, -0.25) is 0 Å². The molecule has 2 heteroatoms. The number of piperidine rings is 1. The van der Waals surface area contributed by atoms with E-state index in [0.717, 1.165) is 36.9 Å². The van der Waals surface area contributed by atoms with Crippen molar-refractivity contribution < 1.29 is 4.74 Å². The summed E-state index contributed by atoms with van der Waals surface area (Å²) < 4.78 is 6.23. The maximum absolute atomic E-state index is 6.23. The van der Waals surface area contributed by atoms with Crippen LogP contribution in [0.3, 0.4) is 0 Å². The van der Waals surface area contributed by atoms with Crippen LogP contribution >= 0.6 is 0 Å². The van der Waals surface area contributed by atoms with E-state index in [1.165, 1.54) is 29.5 Å². The second-order valence-electron chi connectivity index (χ2n) is 7.00. The Morgan fingerprint density at radius 1 is 0.731 bits per heavy atom. The molecule has 2 nitrogen and oxygen atoms in total. The van der Waals surface area contributed by atoms with Crippen molar-refractivity contribution >= 4 is 0 Å². The highest BCUT2D eigenvalue weighted by molar-refractivity contribution is 5.64. The van der Waals surface area contributed by atoms with Crippen molar-refractivity contribution in [1.29, 1.82) is 0 Å². The van der Waals surface area contributed by atoms with Gasteiger partial charge in [0.25, 0.3) is 0 Å². The SMILES string of the molecule is c1ccc(-c2ccc(Oc3ccccc3CC3CCNCC3)cc2)cc1. The highest BCUT2D eigenvalue weighted by Crippen LogP contribution is 2.30. The Kier molecular flexibility index (Phi) is 5.32. The first-order chi connectivity index (χ1) is 12.9. The van der Waals surface area contributed by atoms with Crippen molar-refractivity contribution in [3.63, 3.8) is 0 Å². The third-order valence-electron chi connectivity index (χ3n) is 5.13. The number of benzene rings is 3. The minimum atomic E-state index is 0.751. The summed E-state index contributed by atoms with van der Waals surface area (Å²) in [5.41, 5.74) is 3.75. The van der Waals surface area contributed by atoms with Crippen LogP contribution in [0.15, 0.2) is 78.9 Å². The van der Waals surface area contributed by atoms with Crippen LogP contribution in [0, 0.1) is 5.92 Å². The van der Waals surface area contributed by atoms with Crippen LogP contribution in [-0.2, 0) is 6.42 Å². The van der Waals surface area contributed by atoms with Crippen LogP contribution in [0.2, 0.25) is 0 Å². The first-order valence-electron chi connectivity index (χ1n) is 9.50. The minimum Gasteiger partial charge on any atom is -0.457 e. The van der Waals surface area contributed by atoms with Crippen LogP contribution < -0.4 is 10.1 Å². The Bertz CT molecular complexity index is 820. The molecule has 3 aromatic carbocycles. The lowest BCUT2D eigenvalue weighted by Gasteiger charge is -2.23. The van der Waals surface area contributed by atoms with Crippen molar-refractivity contribution in [1.82, 2.24) is 5.32 Å². The minimum absolute atomic E-state index is 0.751. The third kappa shape index (κ3) is 4.14. The maximum Gasteiger partial charge on any atom is 0.130 e. The smallest absolute Gasteiger partial charge is 0.130 e. The van der Waals surface area contributed by atoms with Gasteiger partial charge in [-0.2, -0.15) is 0 Å². The monoisotopic (exact) mass is 343 g/mol. The molecule has 0 amide bonds. The number of ether oxygens (including phenoxy) is 1. The Hall–Kier alpha value is -2.58. The molecule has 0 aromatic heterocycles. The Morgan fingerprint density at radius 2 is 1.38 bits per heavy atom. The van der Waals surface area contributed by atoms with E-state index in [9.17, 15) is 0 Å². The van der Waals surface area contributed by atoms with Crippen LogP contribution in [0.1, 0.15) is 18.4 Å². The Balaban J connectivity index is 1.48. The van der Waals surface area contributed by atoms with Crippen LogP contribution in [0.25, 0.3) is 11.1 Å². The van der Waals surface area contributed by atoms with Gasteiger partial charge in [-0.15, -0.1) is 0 Å². The summed E-state index contributed by atoms with van der Waals surface area (Å²) in [6, 6.07) is 27.3. The van der Waals surface area contributed by atoms with E-state index in [-0.39, 0.29) is 0 Å². The summed E-state index contributed by atoms with van der Waals surface area (Å²) in [5, 5.41) is 3.44. The molecule has 0 bridgehead atoms. The molecule has 1 aliphatic heterocycles. The van der Waals surface area contributed by atoms with Gasteiger partial charge in [0.2, 0.25) is 0 Å². The van der Waals surface area contributed by atoms with Crippen molar-refractivity contribution in [3.8, 4) is 22.6 Å². The molecule has 26 heavy (non-hydrogen) atoms. The molecule has 0 radical (unpaired) electrons. The molecule has 0 unspecified atom stereocenters. The van der Waals surface area contributed by atoms with Crippen molar-refractivity contribution in [2.75, 3.05) is 13.1 Å². The molecule has 1 heterocycles. The van der Waals surface area contributed by atoms with E-state index in [0.29, 0.717) is 0 Å². The van der Waals surface area contributed by atoms with Gasteiger partial charge in [-0.05, 0) is 73.2 Å². The molecule has 0 atom stereocenters. The summed E-state index contributed by atoms with van der Waals surface area (Å²) in [6.45, 7) is 2.27.